The van der Waals surface area contributed by atoms with Gasteiger partial charge in [0.25, 0.3) is 0 Å². The molecule has 0 aromatic heterocycles. The van der Waals surface area contributed by atoms with E-state index in [-0.39, 0.29) is 18.2 Å². The van der Waals surface area contributed by atoms with Crippen molar-refractivity contribution in [2.24, 2.45) is 4.99 Å². The van der Waals surface area contributed by atoms with Crippen molar-refractivity contribution in [2.45, 2.75) is 31.9 Å². The maximum absolute atomic E-state index is 13.4. The minimum atomic E-state index is -0.604. The van der Waals surface area contributed by atoms with E-state index < -0.39 is 5.25 Å². The fourth-order valence-electron chi connectivity index (χ4n) is 4.27. The highest BCUT2D eigenvalue weighted by molar-refractivity contribution is 8.15. The standard InChI is InChI=1S/C30H33N3O5S/c1-19-6-12-24(20(2)16-19)32-29(35)27-18-28(34)33(15-14-21-7-13-25(37-4)26(17-21)38-5)30(39-27)31-22-8-10-23(36-3)11-9-22/h6-13,16-17,27H,14-15,18H2,1-5H3,(H,32,35). The van der Waals surface area contributed by atoms with Crippen molar-refractivity contribution in [1.82, 2.24) is 4.90 Å². The molecule has 204 valence electrons. The van der Waals surface area contributed by atoms with Gasteiger partial charge >= 0.3 is 0 Å². The lowest BCUT2D eigenvalue weighted by atomic mass is 10.1. The van der Waals surface area contributed by atoms with Crippen LogP contribution in [0.2, 0.25) is 0 Å². The third kappa shape index (κ3) is 6.92. The second kappa shape index (κ2) is 12.7. The Morgan fingerprint density at radius 2 is 1.72 bits per heavy atom. The number of amidine groups is 1. The molecule has 39 heavy (non-hydrogen) atoms. The second-order valence-corrected chi connectivity index (χ2v) is 10.4. The molecule has 1 saturated heterocycles. The summed E-state index contributed by atoms with van der Waals surface area (Å²) in [4.78, 5) is 33.1. The number of ether oxygens (including phenoxy) is 3. The van der Waals surface area contributed by atoms with Gasteiger partial charge in [-0.3, -0.25) is 14.5 Å². The zero-order valence-electron chi connectivity index (χ0n) is 22.8. The number of nitrogens with one attached hydrogen (secondary N) is 1. The molecule has 3 aromatic rings. The van der Waals surface area contributed by atoms with Crippen LogP contribution in [0, 0.1) is 13.8 Å². The second-order valence-electron chi connectivity index (χ2n) is 9.20. The Bertz CT molecular complexity index is 1370. The van der Waals surface area contributed by atoms with E-state index in [1.165, 1.54) is 11.8 Å². The van der Waals surface area contributed by atoms with Gasteiger partial charge in [0.2, 0.25) is 11.8 Å². The van der Waals surface area contributed by atoms with E-state index in [2.05, 4.69) is 5.32 Å². The summed E-state index contributed by atoms with van der Waals surface area (Å²) in [6, 6.07) is 18.8. The number of nitrogens with zero attached hydrogens (tertiary/aromatic N) is 2. The molecule has 4 rings (SSSR count). The van der Waals surface area contributed by atoms with Crippen LogP contribution in [0.25, 0.3) is 0 Å². The maximum Gasteiger partial charge on any atom is 0.238 e. The van der Waals surface area contributed by atoms with Crippen LogP contribution < -0.4 is 19.5 Å². The summed E-state index contributed by atoms with van der Waals surface area (Å²) in [5.74, 6) is 1.61. The van der Waals surface area contributed by atoms with E-state index in [0.29, 0.717) is 41.1 Å². The summed E-state index contributed by atoms with van der Waals surface area (Å²) in [5, 5.41) is 2.88. The van der Waals surface area contributed by atoms with E-state index in [1.54, 1.807) is 26.2 Å². The quantitative estimate of drug-likeness (QED) is 0.379. The smallest absolute Gasteiger partial charge is 0.238 e. The Balaban J connectivity index is 1.57. The van der Waals surface area contributed by atoms with Gasteiger partial charge < -0.3 is 19.5 Å². The van der Waals surface area contributed by atoms with Crippen molar-refractivity contribution in [2.75, 3.05) is 33.2 Å². The van der Waals surface area contributed by atoms with E-state index >= 15 is 0 Å². The lowest BCUT2D eigenvalue weighted by Gasteiger charge is -2.32. The molecule has 8 nitrogen and oxygen atoms in total. The molecule has 2 amide bonds. The summed E-state index contributed by atoms with van der Waals surface area (Å²) in [7, 11) is 4.79. The number of aryl methyl sites for hydroxylation is 2. The highest BCUT2D eigenvalue weighted by Crippen LogP contribution is 2.32. The first-order valence-corrected chi connectivity index (χ1v) is 13.5. The number of aliphatic imine (C=N–C) groups is 1. The molecule has 1 fully saturated rings. The highest BCUT2D eigenvalue weighted by atomic mass is 32.2. The van der Waals surface area contributed by atoms with Crippen molar-refractivity contribution >= 4 is 40.1 Å². The van der Waals surface area contributed by atoms with Gasteiger partial charge in [-0.15, -0.1) is 0 Å². The molecule has 3 aromatic carbocycles. The summed E-state index contributed by atoms with van der Waals surface area (Å²) < 4.78 is 16.0. The number of rotatable bonds is 9. The summed E-state index contributed by atoms with van der Waals surface area (Å²) >= 11 is 1.30. The van der Waals surface area contributed by atoms with E-state index in [0.717, 1.165) is 22.4 Å². The normalized spacial score (nSPS) is 16.2. The number of hydrogen-bond donors (Lipinski definition) is 1. The number of carbonyl (C=O) groups excluding carboxylic acids is 2. The number of anilines is 1. The van der Waals surface area contributed by atoms with Crippen LogP contribution in [0.15, 0.2) is 65.7 Å². The zero-order valence-corrected chi connectivity index (χ0v) is 23.6. The Morgan fingerprint density at radius 1 is 0.974 bits per heavy atom. The third-order valence-electron chi connectivity index (χ3n) is 6.44. The van der Waals surface area contributed by atoms with E-state index in [9.17, 15) is 9.59 Å². The van der Waals surface area contributed by atoms with Crippen LogP contribution in [0.5, 0.6) is 17.2 Å². The predicted molar refractivity (Wildman–Crippen MR) is 156 cm³/mol. The number of amides is 2. The van der Waals surface area contributed by atoms with E-state index in [4.69, 9.17) is 19.2 Å². The molecule has 0 spiro atoms. The maximum atomic E-state index is 13.4. The van der Waals surface area contributed by atoms with Gasteiger partial charge in [-0.2, -0.15) is 0 Å². The lowest BCUT2D eigenvalue weighted by molar-refractivity contribution is -0.129. The first kappa shape index (κ1) is 28.0. The first-order valence-electron chi connectivity index (χ1n) is 12.6. The molecule has 1 unspecified atom stereocenters. The van der Waals surface area contributed by atoms with Gasteiger partial charge in [0, 0.05) is 18.7 Å². The Hall–Kier alpha value is -3.98. The van der Waals surface area contributed by atoms with Gasteiger partial charge in [-0.25, -0.2) is 4.99 Å². The van der Waals surface area contributed by atoms with Crippen LogP contribution >= 0.6 is 11.8 Å². The Kier molecular flexibility index (Phi) is 9.14. The number of thioether (sulfide) groups is 1. The Labute approximate surface area is 233 Å². The molecule has 0 bridgehead atoms. The minimum absolute atomic E-state index is 0.0783. The average Bonchev–Trinajstić information content (AvgIpc) is 2.94. The van der Waals surface area contributed by atoms with Crippen LogP contribution in [0.4, 0.5) is 11.4 Å². The topological polar surface area (TPSA) is 89.5 Å². The number of benzene rings is 3. The van der Waals surface area contributed by atoms with Crippen molar-refractivity contribution in [1.29, 1.82) is 0 Å². The predicted octanol–water partition coefficient (Wildman–Crippen LogP) is 5.53. The summed E-state index contributed by atoms with van der Waals surface area (Å²) in [6.45, 7) is 4.36. The van der Waals surface area contributed by atoms with Crippen LogP contribution in [0.3, 0.4) is 0 Å². The summed E-state index contributed by atoms with van der Waals surface area (Å²) in [5.41, 5.74) is 4.48. The van der Waals surface area contributed by atoms with Gasteiger partial charge in [0.1, 0.15) is 11.0 Å². The number of carbonyl (C=O) groups is 2. The molecule has 1 heterocycles. The average molecular weight is 548 g/mol. The number of methoxy groups -OCH3 is 3. The molecule has 0 aliphatic carbocycles. The molecule has 1 N–H and O–H groups in total. The molecular formula is C30H33N3O5S. The van der Waals surface area contributed by atoms with Crippen LogP contribution in [-0.4, -0.2) is 55.0 Å². The molecular weight excluding hydrogens is 514 g/mol. The van der Waals surface area contributed by atoms with Gasteiger partial charge in [0.15, 0.2) is 16.7 Å². The van der Waals surface area contributed by atoms with Crippen molar-refractivity contribution in [3.05, 3.63) is 77.4 Å². The molecule has 1 atom stereocenters. The van der Waals surface area contributed by atoms with Crippen LogP contribution in [0.1, 0.15) is 23.1 Å². The summed E-state index contributed by atoms with van der Waals surface area (Å²) in [6.07, 6.45) is 0.655. The molecule has 1 aliphatic heterocycles. The molecule has 0 radical (unpaired) electrons. The number of hydrogen-bond acceptors (Lipinski definition) is 7. The first-order chi connectivity index (χ1) is 18.8. The minimum Gasteiger partial charge on any atom is -0.497 e. The zero-order chi connectivity index (χ0) is 27.9. The van der Waals surface area contributed by atoms with Crippen LogP contribution in [-0.2, 0) is 16.0 Å². The molecule has 9 heteroatoms. The van der Waals surface area contributed by atoms with Crippen molar-refractivity contribution < 1.29 is 23.8 Å². The molecule has 1 aliphatic rings. The SMILES string of the molecule is COc1ccc(N=C2SC(C(=O)Nc3ccc(C)cc3C)CC(=O)N2CCc2ccc(OC)c(OC)c2)cc1. The highest BCUT2D eigenvalue weighted by Gasteiger charge is 2.36. The van der Waals surface area contributed by atoms with Crippen molar-refractivity contribution in [3.63, 3.8) is 0 Å². The monoisotopic (exact) mass is 547 g/mol. The Morgan fingerprint density at radius 3 is 2.38 bits per heavy atom. The fraction of sp³-hybridized carbons (Fsp3) is 0.300. The van der Waals surface area contributed by atoms with Gasteiger partial charge in [0.05, 0.1) is 27.0 Å². The van der Waals surface area contributed by atoms with Crippen molar-refractivity contribution in [3.8, 4) is 17.2 Å². The fourth-order valence-corrected chi connectivity index (χ4v) is 5.40. The van der Waals surface area contributed by atoms with E-state index in [1.807, 2.05) is 74.5 Å². The largest absolute Gasteiger partial charge is 0.497 e. The third-order valence-corrected chi connectivity index (χ3v) is 7.63. The lowest BCUT2D eigenvalue weighted by Crippen LogP contribution is -2.46. The molecule has 0 saturated carbocycles. The van der Waals surface area contributed by atoms with Gasteiger partial charge in [-0.05, 0) is 73.9 Å². The van der Waals surface area contributed by atoms with Gasteiger partial charge in [-0.1, -0.05) is 35.5 Å².